The zero-order valence-electron chi connectivity index (χ0n) is 23.2. The van der Waals surface area contributed by atoms with Gasteiger partial charge in [-0.2, -0.15) is 0 Å². The molecule has 0 radical (unpaired) electrons. The first-order chi connectivity index (χ1) is 21.3. The molecule has 0 saturated carbocycles. The van der Waals surface area contributed by atoms with Crippen LogP contribution >= 0.6 is 11.3 Å². The van der Waals surface area contributed by atoms with Gasteiger partial charge in [0.15, 0.2) is 0 Å². The summed E-state index contributed by atoms with van der Waals surface area (Å²) in [5.41, 5.74) is 7.31. The van der Waals surface area contributed by atoms with Gasteiger partial charge in [-0.15, -0.1) is 11.3 Å². The predicted molar refractivity (Wildman–Crippen MR) is 186 cm³/mol. The molecule has 2 nitrogen and oxygen atoms in total. The summed E-state index contributed by atoms with van der Waals surface area (Å²) in [4.78, 5) is 0. The Bertz CT molecular complexity index is 2710. The highest BCUT2D eigenvalue weighted by Gasteiger charge is 2.21. The van der Waals surface area contributed by atoms with Crippen molar-refractivity contribution < 1.29 is 0 Å². The smallest absolute Gasteiger partial charge is 0.0719 e. The largest absolute Gasteiger partial charge is 0.309 e. The van der Waals surface area contributed by atoms with Crippen LogP contribution in [-0.2, 0) is 0 Å². The number of benzene rings is 7. The Morgan fingerprint density at radius 2 is 1.05 bits per heavy atom. The Hall–Kier alpha value is -5.38. The van der Waals surface area contributed by atoms with Crippen LogP contribution in [0.2, 0.25) is 0 Å². The van der Waals surface area contributed by atoms with Crippen LogP contribution in [0.3, 0.4) is 0 Å². The maximum Gasteiger partial charge on any atom is 0.0719 e. The SMILES string of the molecule is c1ccc(-n2c3cc4c(cc3c3c5ccccc5ccc32)c2ccc3c5ccccc5sc3c2n4-c2ccccc2)cc1. The first kappa shape index (κ1) is 23.2. The molecule has 0 N–H and O–H groups in total. The van der Waals surface area contributed by atoms with Gasteiger partial charge in [-0.25, -0.2) is 0 Å². The lowest BCUT2D eigenvalue weighted by Crippen LogP contribution is -1.95. The lowest BCUT2D eigenvalue weighted by molar-refractivity contribution is 1.17. The number of thiophene rings is 1. The Balaban J connectivity index is 1.47. The summed E-state index contributed by atoms with van der Waals surface area (Å²) in [7, 11) is 0. The Morgan fingerprint density at radius 3 is 1.86 bits per heavy atom. The minimum absolute atomic E-state index is 1.17. The fourth-order valence-electron chi connectivity index (χ4n) is 7.26. The Kier molecular flexibility index (Phi) is 4.63. The molecule has 0 bridgehead atoms. The summed E-state index contributed by atoms with van der Waals surface area (Å²) in [6.45, 7) is 0. The molecule has 0 amide bonds. The molecule has 0 fully saturated rings. The average molecular weight is 565 g/mol. The van der Waals surface area contributed by atoms with E-state index in [2.05, 4.69) is 155 Å². The molecular formula is C40H24N2S. The van der Waals surface area contributed by atoms with Crippen LogP contribution in [0.15, 0.2) is 146 Å². The lowest BCUT2D eigenvalue weighted by Gasteiger charge is -2.10. The Morgan fingerprint density at radius 1 is 0.395 bits per heavy atom. The molecule has 0 spiro atoms. The molecule has 0 aliphatic heterocycles. The summed E-state index contributed by atoms with van der Waals surface area (Å²) in [5, 5.41) is 10.4. The second-order valence-electron chi connectivity index (χ2n) is 11.3. The molecular weight excluding hydrogens is 541 g/mol. The van der Waals surface area contributed by atoms with Gasteiger partial charge in [0.25, 0.3) is 0 Å². The minimum Gasteiger partial charge on any atom is -0.309 e. The molecule has 3 aromatic heterocycles. The Labute approximate surface area is 251 Å². The molecule has 0 aliphatic carbocycles. The van der Waals surface area contributed by atoms with Gasteiger partial charge in [-0.1, -0.05) is 97.1 Å². The van der Waals surface area contributed by atoms with Crippen molar-refractivity contribution in [2.75, 3.05) is 0 Å². The fourth-order valence-corrected chi connectivity index (χ4v) is 8.50. The van der Waals surface area contributed by atoms with E-state index in [0.717, 1.165) is 0 Å². The van der Waals surface area contributed by atoms with Crippen LogP contribution in [0.4, 0.5) is 0 Å². The number of fused-ring (bicyclic) bond motifs is 12. The van der Waals surface area contributed by atoms with Crippen molar-refractivity contribution in [1.82, 2.24) is 9.13 Å². The van der Waals surface area contributed by atoms with E-state index in [4.69, 9.17) is 0 Å². The van der Waals surface area contributed by atoms with E-state index in [-0.39, 0.29) is 0 Å². The van der Waals surface area contributed by atoms with E-state index in [1.807, 2.05) is 11.3 Å². The normalized spacial score (nSPS) is 12.2. The van der Waals surface area contributed by atoms with Gasteiger partial charge >= 0.3 is 0 Å². The zero-order chi connectivity index (χ0) is 28.1. The predicted octanol–water partition coefficient (Wildman–Crippen LogP) is 11.4. The number of hydrogen-bond acceptors (Lipinski definition) is 1. The number of nitrogens with zero attached hydrogens (tertiary/aromatic N) is 2. The summed E-state index contributed by atoms with van der Waals surface area (Å²) < 4.78 is 7.60. The van der Waals surface area contributed by atoms with Gasteiger partial charge in [0.2, 0.25) is 0 Å². The third-order valence-electron chi connectivity index (χ3n) is 9.08. The van der Waals surface area contributed by atoms with Gasteiger partial charge in [-0.3, -0.25) is 0 Å². The molecule has 0 unspecified atom stereocenters. The highest BCUT2D eigenvalue weighted by atomic mass is 32.1. The second kappa shape index (κ2) is 8.57. The number of rotatable bonds is 2. The summed E-state index contributed by atoms with van der Waals surface area (Å²) in [6, 6.07) is 53.3. The van der Waals surface area contributed by atoms with Gasteiger partial charge < -0.3 is 9.13 Å². The quantitative estimate of drug-likeness (QED) is 0.198. The van der Waals surface area contributed by atoms with E-state index in [1.165, 1.54) is 85.9 Å². The van der Waals surface area contributed by atoms with Crippen LogP contribution in [0.1, 0.15) is 0 Å². The number of hydrogen-bond donors (Lipinski definition) is 0. The first-order valence-corrected chi connectivity index (χ1v) is 15.5. The van der Waals surface area contributed by atoms with Crippen molar-refractivity contribution in [3.8, 4) is 11.4 Å². The van der Waals surface area contributed by atoms with Crippen molar-refractivity contribution in [1.29, 1.82) is 0 Å². The third-order valence-corrected chi connectivity index (χ3v) is 10.3. The highest BCUT2D eigenvalue weighted by molar-refractivity contribution is 7.26. The molecule has 3 heterocycles. The standard InChI is InChI=1S/C40H24N2S/c1-3-12-26(13-4-1)41-34-22-19-25-11-7-8-16-28(25)38(34)33-23-32-30-20-21-31-29-17-9-10-18-37(29)43-40(31)39(30)42(35(32)24-36(33)41)27-14-5-2-6-15-27/h1-24H. The van der Waals surface area contributed by atoms with Gasteiger partial charge in [0.1, 0.15) is 0 Å². The maximum absolute atomic E-state index is 2.49. The van der Waals surface area contributed by atoms with Crippen LogP contribution < -0.4 is 0 Å². The van der Waals surface area contributed by atoms with Crippen LogP contribution in [0.5, 0.6) is 0 Å². The van der Waals surface area contributed by atoms with Crippen molar-refractivity contribution >= 4 is 85.9 Å². The van der Waals surface area contributed by atoms with E-state index in [0.29, 0.717) is 0 Å². The molecule has 10 aromatic rings. The van der Waals surface area contributed by atoms with E-state index in [1.54, 1.807) is 0 Å². The van der Waals surface area contributed by atoms with Crippen LogP contribution in [0, 0.1) is 0 Å². The summed E-state index contributed by atoms with van der Waals surface area (Å²) in [6.07, 6.45) is 0. The van der Waals surface area contributed by atoms with Gasteiger partial charge in [-0.05, 0) is 59.3 Å². The molecule has 10 rings (SSSR count). The molecule has 200 valence electrons. The van der Waals surface area contributed by atoms with E-state index in [9.17, 15) is 0 Å². The molecule has 0 saturated heterocycles. The summed E-state index contributed by atoms with van der Waals surface area (Å²) >= 11 is 1.90. The van der Waals surface area contributed by atoms with Gasteiger partial charge in [0, 0.05) is 48.4 Å². The highest BCUT2D eigenvalue weighted by Crippen LogP contribution is 2.45. The van der Waals surface area contributed by atoms with Crippen LogP contribution in [0.25, 0.3) is 85.9 Å². The summed E-state index contributed by atoms with van der Waals surface area (Å²) in [5.74, 6) is 0. The number of aromatic nitrogens is 2. The third kappa shape index (κ3) is 3.12. The molecule has 7 aromatic carbocycles. The molecule has 0 aliphatic rings. The van der Waals surface area contributed by atoms with E-state index >= 15 is 0 Å². The molecule has 3 heteroatoms. The van der Waals surface area contributed by atoms with Crippen molar-refractivity contribution in [3.63, 3.8) is 0 Å². The zero-order valence-corrected chi connectivity index (χ0v) is 24.0. The van der Waals surface area contributed by atoms with E-state index < -0.39 is 0 Å². The lowest BCUT2D eigenvalue weighted by atomic mass is 10.0. The average Bonchev–Trinajstić information content (AvgIpc) is 3.72. The van der Waals surface area contributed by atoms with Crippen molar-refractivity contribution in [2.24, 2.45) is 0 Å². The topological polar surface area (TPSA) is 9.86 Å². The first-order valence-electron chi connectivity index (χ1n) is 14.7. The monoisotopic (exact) mass is 564 g/mol. The maximum atomic E-state index is 2.49. The minimum atomic E-state index is 1.17. The van der Waals surface area contributed by atoms with Gasteiger partial charge in [0.05, 0.1) is 26.8 Å². The molecule has 0 atom stereocenters. The molecule has 43 heavy (non-hydrogen) atoms. The number of para-hydroxylation sites is 2. The fraction of sp³-hybridized carbons (Fsp3) is 0. The second-order valence-corrected chi connectivity index (χ2v) is 12.4. The van der Waals surface area contributed by atoms with Crippen molar-refractivity contribution in [2.45, 2.75) is 0 Å². The van der Waals surface area contributed by atoms with Crippen LogP contribution in [-0.4, -0.2) is 9.13 Å². The van der Waals surface area contributed by atoms with Crippen molar-refractivity contribution in [3.05, 3.63) is 146 Å².